The molecule has 10 heavy (non-hydrogen) atoms. The summed E-state index contributed by atoms with van der Waals surface area (Å²) >= 11 is 3.23. The fourth-order valence-electron chi connectivity index (χ4n) is 0.494. The molecule has 0 aliphatic heterocycles. The van der Waals surface area contributed by atoms with Gasteiger partial charge in [0.25, 0.3) is 0 Å². The van der Waals surface area contributed by atoms with Crippen molar-refractivity contribution in [2.45, 2.75) is 25.6 Å². The van der Waals surface area contributed by atoms with Crippen LogP contribution in [0.1, 0.15) is 20.8 Å². The second kappa shape index (κ2) is 4.72. The van der Waals surface area contributed by atoms with Crippen molar-refractivity contribution >= 4 is 21.9 Å². The fourth-order valence-corrected chi connectivity index (χ4v) is 0.626. The number of hydrogen-bond acceptors (Lipinski definition) is 2. The first-order chi connectivity index (χ1) is 4.59. The molecule has 3 heteroatoms. The van der Waals surface area contributed by atoms with Crippen LogP contribution in [-0.4, -0.2) is 17.4 Å². The Balaban J connectivity index is 3.71. The van der Waals surface area contributed by atoms with Crippen molar-refractivity contribution in [3.63, 3.8) is 0 Å². The van der Waals surface area contributed by atoms with Crippen LogP contribution in [0.5, 0.6) is 0 Å². The monoisotopic (exact) mass is 208 g/mol. The number of halogens is 1. The van der Waals surface area contributed by atoms with Crippen molar-refractivity contribution in [3.8, 4) is 0 Å². The molecule has 0 radical (unpaired) electrons. The maximum Gasteiger partial charge on any atom is 0.319 e. The highest BCUT2D eigenvalue weighted by molar-refractivity contribution is 9.10. The van der Waals surface area contributed by atoms with Crippen molar-refractivity contribution in [3.05, 3.63) is 0 Å². The van der Waals surface area contributed by atoms with Gasteiger partial charge in [-0.15, -0.1) is 0 Å². The van der Waals surface area contributed by atoms with Gasteiger partial charge in [0.1, 0.15) is 4.83 Å². The van der Waals surface area contributed by atoms with Gasteiger partial charge in [-0.05, 0) is 12.8 Å². The van der Waals surface area contributed by atoms with E-state index in [1.54, 1.807) is 6.92 Å². The molecule has 0 bridgehead atoms. The number of esters is 1. The van der Waals surface area contributed by atoms with E-state index < -0.39 is 0 Å². The van der Waals surface area contributed by atoms with Crippen molar-refractivity contribution < 1.29 is 9.53 Å². The third-order valence-electron chi connectivity index (χ3n) is 1.10. The summed E-state index contributed by atoms with van der Waals surface area (Å²) in [7, 11) is 0. The molecule has 0 amide bonds. The average molecular weight is 209 g/mol. The maximum absolute atomic E-state index is 10.9. The van der Waals surface area contributed by atoms with Crippen LogP contribution in [0.25, 0.3) is 0 Å². The van der Waals surface area contributed by atoms with E-state index in [4.69, 9.17) is 4.74 Å². The summed E-state index contributed by atoms with van der Waals surface area (Å²) in [6, 6.07) is 0. The molecule has 2 nitrogen and oxygen atoms in total. The Kier molecular flexibility index (Phi) is 4.69. The zero-order chi connectivity index (χ0) is 8.15. The maximum atomic E-state index is 10.9. The molecule has 0 fully saturated rings. The van der Waals surface area contributed by atoms with Crippen molar-refractivity contribution in [1.29, 1.82) is 0 Å². The Labute approximate surface area is 70.1 Å². The predicted octanol–water partition coefficient (Wildman–Crippen LogP) is 1.97. The summed E-state index contributed by atoms with van der Waals surface area (Å²) < 4.78 is 4.78. The van der Waals surface area contributed by atoms with Crippen molar-refractivity contribution in [1.82, 2.24) is 0 Å². The lowest BCUT2D eigenvalue weighted by Crippen LogP contribution is -2.22. The standard InChI is InChI=1S/C7H13BrO2/c1-4-10-7(9)6(8)5(2)3/h5-6H,4H2,1-3H3/t6-/m1/s1. The average Bonchev–Trinajstić information content (AvgIpc) is 1.87. The first-order valence-corrected chi connectivity index (χ1v) is 4.31. The summed E-state index contributed by atoms with van der Waals surface area (Å²) in [5, 5.41) is 0. The van der Waals surface area contributed by atoms with Crippen LogP contribution in [0.3, 0.4) is 0 Å². The number of hydrogen-bond donors (Lipinski definition) is 0. The third kappa shape index (κ3) is 3.20. The Morgan fingerprint density at radius 2 is 2.10 bits per heavy atom. The molecular formula is C7H13BrO2. The van der Waals surface area contributed by atoms with E-state index in [0.717, 1.165) is 0 Å². The lowest BCUT2D eigenvalue weighted by molar-refractivity contribution is -0.143. The van der Waals surface area contributed by atoms with Crippen LogP contribution in [0.2, 0.25) is 0 Å². The third-order valence-corrected chi connectivity index (χ3v) is 2.53. The van der Waals surface area contributed by atoms with E-state index >= 15 is 0 Å². The zero-order valence-corrected chi connectivity index (χ0v) is 8.14. The van der Waals surface area contributed by atoms with Crippen LogP contribution in [0.4, 0.5) is 0 Å². The summed E-state index contributed by atoms with van der Waals surface area (Å²) in [6.07, 6.45) is 0. The zero-order valence-electron chi connectivity index (χ0n) is 6.56. The number of carbonyl (C=O) groups is 1. The summed E-state index contributed by atoms with van der Waals surface area (Å²) in [5.41, 5.74) is 0. The SMILES string of the molecule is CCOC(=O)[C@H](Br)C(C)C. The first kappa shape index (κ1) is 9.95. The second-order valence-corrected chi connectivity index (χ2v) is 3.38. The first-order valence-electron chi connectivity index (χ1n) is 3.40. The van der Waals surface area contributed by atoms with Gasteiger partial charge in [0.15, 0.2) is 0 Å². The number of alkyl halides is 1. The van der Waals surface area contributed by atoms with E-state index in [1.165, 1.54) is 0 Å². The van der Waals surface area contributed by atoms with Gasteiger partial charge < -0.3 is 4.74 Å². The Morgan fingerprint density at radius 1 is 1.60 bits per heavy atom. The van der Waals surface area contributed by atoms with Crippen LogP contribution in [0, 0.1) is 5.92 Å². The van der Waals surface area contributed by atoms with Crippen LogP contribution in [-0.2, 0) is 9.53 Å². The minimum atomic E-state index is -0.169. The van der Waals surface area contributed by atoms with Gasteiger partial charge in [0.05, 0.1) is 6.61 Å². The van der Waals surface area contributed by atoms with E-state index in [-0.39, 0.29) is 10.8 Å². The summed E-state index contributed by atoms with van der Waals surface area (Å²) in [6.45, 7) is 6.19. The molecule has 0 rings (SSSR count). The molecule has 0 aromatic heterocycles. The highest BCUT2D eigenvalue weighted by atomic mass is 79.9. The molecule has 0 heterocycles. The number of carbonyl (C=O) groups excluding carboxylic acids is 1. The lowest BCUT2D eigenvalue weighted by atomic mass is 10.1. The fraction of sp³-hybridized carbons (Fsp3) is 0.857. The molecule has 0 unspecified atom stereocenters. The Bertz CT molecular complexity index is 112. The predicted molar refractivity (Wildman–Crippen MR) is 44.2 cm³/mol. The molecule has 60 valence electrons. The van der Waals surface area contributed by atoms with Crippen LogP contribution in [0.15, 0.2) is 0 Å². The van der Waals surface area contributed by atoms with Gasteiger partial charge >= 0.3 is 5.97 Å². The van der Waals surface area contributed by atoms with Gasteiger partial charge in [-0.2, -0.15) is 0 Å². The van der Waals surface area contributed by atoms with Crippen molar-refractivity contribution in [2.24, 2.45) is 5.92 Å². The smallest absolute Gasteiger partial charge is 0.319 e. The van der Waals surface area contributed by atoms with Crippen LogP contribution >= 0.6 is 15.9 Å². The highest BCUT2D eigenvalue weighted by Crippen LogP contribution is 2.12. The molecule has 0 aromatic rings. The van der Waals surface area contributed by atoms with Gasteiger partial charge in [-0.3, -0.25) is 4.79 Å². The van der Waals surface area contributed by atoms with Crippen LogP contribution < -0.4 is 0 Å². The molecular weight excluding hydrogens is 196 g/mol. The quantitative estimate of drug-likeness (QED) is 0.524. The van der Waals surface area contributed by atoms with E-state index in [1.807, 2.05) is 13.8 Å². The number of rotatable bonds is 3. The molecule has 0 aliphatic rings. The van der Waals surface area contributed by atoms with Gasteiger partial charge in [0.2, 0.25) is 0 Å². The molecule has 1 atom stereocenters. The topological polar surface area (TPSA) is 26.3 Å². The minimum absolute atomic E-state index is 0.160. The normalized spacial score (nSPS) is 13.3. The highest BCUT2D eigenvalue weighted by Gasteiger charge is 2.18. The van der Waals surface area contributed by atoms with E-state index in [0.29, 0.717) is 12.5 Å². The molecule has 0 aliphatic carbocycles. The van der Waals surface area contributed by atoms with E-state index in [2.05, 4.69) is 15.9 Å². The van der Waals surface area contributed by atoms with E-state index in [9.17, 15) is 4.79 Å². The van der Waals surface area contributed by atoms with Gasteiger partial charge in [-0.1, -0.05) is 29.8 Å². The molecule has 0 N–H and O–H groups in total. The molecule has 0 spiro atoms. The van der Waals surface area contributed by atoms with Gasteiger partial charge in [0, 0.05) is 0 Å². The lowest BCUT2D eigenvalue weighted by Gasteiger charge is -2.11. The van der Waals surface area contributed by atoms with Gasteiger partial charge in [-0.25, -0.2) is 0 Å². The van der Waals surface area contributed by atoms with Crippen molar-refractivity contribution in [2.75, 3.05) is 6.61 Å². The molecule has 0 aromatic carbocycles. The largest absolute Gasteiger partial charge is 0.465 e. The summed E-state index contributed by atoms with van der Waals surface area (Å²) in [5.74, 6) is 0.122. The number of ether oxygens (including phenoxy) is 1. The molecule has 0 saturated carbocycles. The Morgan fingerprint density at radius 3 is 2.40 bits per heavy atom. The minimum Gasteiger partial charge on any atom is -0.465 e. The Hall–Kier alpha value is -0.0500. The molecule has 0 saturated heterocycles. The summed E-state index contributed by atoms with van der Waals surface area (Å²) in [4.78, 5) is 10.8. The second-order valence-electron chi connectivity index (χ2n) is 2.40.